The Labute approximate surface area is 209 Å². The molecule has 1 saturated heterocycles. The van der Waals surface area contributed by atoms with Gasteiger partial charge in [-0.15, -0.1) is 6.42 Å². The minimum absolute atomic E-state index is 0.0208. The predicted molar refractivity (Wildman–Crippen MR) is 122 cm³/mol. The molecule has 5 atom stereocenters. The summed E-state index contributed by atoms with van der Waals surface area (Å²) in [5.41, 5.74) is 0.747. The summed E-state index contributed by atoms with van der Waals surface area (Å²) < 4.78 is 21.9. The van der Waals surface area contributed by atoms with Crippen molar-refractivity contribution in [2.75, 3.05) is 13.7 Å². The molecule has 190 valence electrons. The fourth-order valence-electron chi connectivity index (χ4n) is 4.07. The fraction of sp³-hybridized carbons (Fsp3) is 0.478. The van der Waals surface area contributed by atoms with Crippen molar-refractivity contribution < 1.29 is 53.4 Å². The fourth-order valence-corrected chi connectivity index (χ4v) is 4.54. The maximum atomic E-state index is 12.5. The molecule has 0 bridgehead atoms. The summed E-state index contributed by atoms with van der Waals surface area (Å²) >= 11 is 3.33. The van der Waals surface area contributed by atoms with Gasteiger partial charge in [-0.25, -0.2) is 4.79 Å². The van der Waals surface area contributed by atoms with Crippen molar-refractivity contribution in [2.24, 2.45) is 17.8 Å². The van der Waals surface area contributed by atoms with E-state index in [2.05, 4.69) is 21.9 Å². The molecular weight excluding hydrogens is 532 g/mol. The summed E-state index contributed by atoms with van der Waals surface area (Å²) in [5, 5.41) is 28.8. The largest absolute Gasteiger partial charge is 0.481 e. The Bertz CT molecular complexity index is 986. The first kappa shape index (κ1) is 27.9. The van der Waals surface area contributed by atoms with Crippen LogP contribution < -0.4 is 9.47 Å². The van der Waals surface area contributed by atoms with Crippen LogP contribution in [0.25, 0.3) is 0 Å². The lowest BCUT2D eigenvalue weighted by molar-refractivity contribution is -0.233. The summed E-state index contributed by atoms with van der Waals surface area (Å²) in [6.45, 7) is -0.0208. The highest BCUT2D eigenvalue weighted by Crippen LogP contribution is 2.43. The number of benzene rings is 1. The number of hydrogen-bond donors (Lipinski definition) is 3. The number of carboxylic acids is 3. The maximum Gasteiger partial charge on any atom is 0.335 e. The van der Waals surface area contributed by atoms with Gasteiger partial charge in [0.1, 0.15) is 18.1 Å². The van der Waals surface area contributed by atoms with Crippen molar-refractivity contribution >= 4 is 39.8 Å². The van der Waals surface area contributed by atoms with Gasteiger partial charge in [-0.3, -0.25) is 14.4 Å². The van der Waals surface area contributed by atoms with Gasteiger partial charge in [-0.05, 0) is 12.0 Å². The van der Waals surface area contributed by atoms with E-state index in [9.17, 15) is 34.5 Å². The molecule has 1 aromatic carbocycles. The van der Waals surface area contributed by atoms with Crippen LogP contribution >= 0.6 is 15.9 Å². The average molecular weight is 557 g/mol. The average Bonchev–Trinajstić information content (AvgIpc) is 2.79. The molecule has 3 N–H and O–H groups in total. The van der Waals surface area contributed by atoms with E-state index in [4.69, 9.17) is 25.4 Å². The van der Waals surface area contributed by atoms with Crippen LogP contribution in [0.1, 0.15) is 24.8 Å². The van der Waals surface area contributed by atoms with Crippen LogP contribution in [0.15, 0.2) is 18.2 Å². The lowest BCUT2D eigenvalue weighted by atomic mass is 9.71. The summed E-state index contributed by atoms with van der Waals surface area (Å²) in [4.78, 5) is 47.2. The van der Waals surface area contributed by atoms with Gasteiger partial charge in [0.2, 0.25) is 6.29 Å². The molecule has 12 heteroatoms. The molecule has 1 aliphatic rings. The zero-order chi connectivity index (χ0) is 26.1. The third-order valence-corrected chi connectivity index (χ3v) is 6.13. The molecule has 0 saturated carbocycles. The zero-order valence-electron chi connectivity index (χ0n) is 18.7. The standard InChI is InChI=1S/C23H25BrO11/c1-3-6-33-17-7-13(5-4-12(17)11-24)34-23-16(10-20(29)30)14(8-18(25)26)15(9-19(27)28)21(35-23)22(31)32-2/h1,4-5,7,14-16,21,23H,6,8-11H2,2H3,(H,25,26)(H,27,28)(H,29,30)/t14-,15-,16+,21-,23+/m0/s1. The summed E-state index contributed by atoms with van der Waals surface area (Å²) in [5.74, 6) is -5.24. The molecule has 35 heavy (non-hydrogen) atoms. The van der Waals surface area contributed by atoms with Crippen LogP contribution in [0.3, 0.4) is 0 Å². The third kappa shape index (κ3) is 7.60. The molecule has 0 spiro atoms. The molecule has 1 aromatic rings. The zero-order valence-corrected chi connectivity index (χ0v) is 20.3. The molecule has 1 fully saturated rings. The molecule has 2 rings (SSSR count). The van der Waals surface area contributed by atoms with Gasteiger partial charge in [0.15, 0.2) is 6.10 Å². The number of rotatable bonds is 12. The number of esters is 1. The normalized spacial score (nSPS) is 23.5. The molecule has 1 heterocycles. The predicted octanol–water partition coefficient (Wildman–Crippen LogP) is 2.14. The second-order valence-corrected chi connectivity index (χ2v) is 8.31. The number of carbonyl (C=O) groups excluding carboxylic acids is 1. The number of aliphatic carboxylic acids is 3. The molecule has 0 radical (unpaired) electrons. The first-order valence-electron chi connectivity index (χ1n) is 10.4. The molecule has 1 aliphatic heterocycles. The van der Waals surface area contributed by atoms with E-state index < -0.39 is 73.3 Å². The highest BCUT2D eigenvalue weighted by Gasteiger charge is 2.51. The maximum absolute atomic E-state index is 12.5. The number of carbonyl (C=O) groups is 4. The van der Waals surface area contributed by atoms with Crippen molar-refractivity contribution in [3.63, 3.8) is 0 Å². The molecular formula is C23H25BrO11. The Balaban J connectivity index is 2.51. The highest BCUT2D eigenvalue weighted by atomic mass is 79.9. The van der Waals surface area contributed by atoms with E-state index in [1.54, 1.807) is 12.1 Å². The second-order valence-electron chi connectivity index (χ2n) is 7.75. The number of methoxy groups -OCH3 is 1. The van der Waals surface area contributed by atoms with Crippen molar-refractivity contribution in [3.8, 4) is 23.8 Å². The number of terminal acetylenes is 1. The summed E-state index contributed by atoms with van der Waals surface area (Å²) in [6, 6.07) is 4.73. The number of ether oxygens (including phenoxy) is 4. The summed E-state index contributed by atoms with van der Waals surface area (Å²) in [6.07, 6.45) is 0.527. The quantitative estimate of drug-likeness (QED) is 0.196. The number of halogens is 1. The van der Waals surface area contributed by atoms with Crippen LogP contribution in [0.2, 0.25) is 0 Å². The van der Waals surface area contributed by atoms with Crippen molar-refractivity contribution in [2.45, 2.75) is 37.0 Å². The van der Waals surface area contributed by atoms with Gasteiger partial charge in [-0.1, -0.05) is 27.9 Å². The Morgan fingerprint density at radius 2 is 1.63 bits per heavy atom. The lowest BCUT2D eigenvalue weighted by Gasteiger charge is -2.44. The Hall–Kier alpha value is -3.30. The van der Waals surface area contributed by atoms with E-state index >= 15 is 0 Å². The van der Waals surface area contributed by atoms with Gasteiger partial charge in [0.05, 0.1) is 20.0 Å². The van der Waals surface area contributed by atoms with Gasteiger partial charge >= 0.3 is 23.9 Å². The molecule has 0 aliphatic carbocycles. The first-order chi connectivity index (χ1) is 16.6. The number of hydrogen-bond acceptors (Lipinski definition) is 8. The monoisotopic (exact) mass is 556 g/mol. The summed E-state index contributed by atoms with van der Waals surface area (Å²) in [7, 11) is 1.07. The molecule has 0 unspecified atom stereocenters. The Morgan fingerprint density at radius 3 is 2.17 bits per heavy atom. The van der Waals surface area contributed by atoms with Crippen molar-refractivity contribution in [1.82, 2.24) is 0 Å². The number of carboxylic acid groups (broad SMARTS) is 3. The highest BCUT2D eigenvalue weighted by molar-refractivity contribution is 9.08. The van der Waals surface area contributed by atoms with E-state index in [1.165, 1.54) is 6.07 Å². The van der Waals surface area contributed by atoms with Crippen LogP contribution in [-0.4, -0.2) is 65.3 Å². The lowest BCUT2D eigenvalue weighted by Crippen LogP contribution is -2.54. The smallest absolute Gasteiger partial charge is 0.335 e. The minimum atomic E-state index is -1.49. The Kier molecular flexibility index (Phi) is 10.4. The molecule has 0 aromatic heterocycles. The number of alkyl halides is 1. The first-order valence-corrected chi connectivity index (χ1v) is 11.5. The van der Waals surface area contributed by atoms with Gasteiger partial charge in [0, 0.05) is 35.2 Å². The van der Waals surface area contributed by atoms with Crippen LogP contribution in [0, 0.1) is 30.1 Å². The minimum Gasteiger partial charge on any atom is -0.481 e. The van der Waals surface area contributed by atoms with E-state index in [1.807, 2.05) is 0 Å². The van der Waals surface area contributed by atoms with Crippen molar-refractivity contribution in [3.05, 3.63) is 23.8 Å². The SMILES string of the molecule is C#CCOc1cc(O[C@@H]2O[C@H](C(=O)OC)[C@@H](CC(=O)O)[C@H](CC(=O)O)[C@H]2CC(=O)O)ccc1CBr. The van der Waals surface area contributed by atoms with Crippen LogP contribution in [-0.2, 0) is 34.0 Å². The van der Waals surface area contributed by atoms with Crippen molar-refractivity contribution in [1.29, 1.82) is 0 Å². The van der Waals surface area contributed by atoms with Gasteiger partial charge < -0.3 is 34.3 Å². The van der Waals surface area contributed by atoms with E-state index in [0.717, 1.165) is 12.7 Å². The topological polar surface area (TPSA) is 166 Å². The third-order valence-electron chi connectivity index (χ3n) is 5.53. The van der Waals surface area contributed by atoms with Gasteiger partial charge in [-0.2, -0.15) is 0 Å². The Morgan fingerprint density at radius 1 is 1.03 bits per heavy atom. The molecule has 0 amide bonds. The second kappa shape index (κ2) is 13.0. The van der Waals surface area contributed by atoms with Gasteiger partial charge in [0.25, 0.3) is 0 Å². The molecule has 11 nitrogen and oxygen atoms in total. The van der Waals surface area contributed by atoms with Crippen LogP contribution in [0.5, 0.6) is 11.5 Å². The van der Waals surface area contributed by atoms with Crippen LogP contribution in [0.4, 0.5) is 0 Å². The van der Waals surface area contributed by atoms with E-state index in [0.29, 0.717) is 11.1 Å². The van der Waals surface area contributed by atoms with E-state index in [-0.39, 0.29) is 12.4 Å².